The second-order valence-electron chi connectivity index (χ2n) is 7.77. The van der Waals surface area contributed by atoms with Crippen molar-refractivity contribution in [3.63, 3.8) is 0 Å². The van der Waals surface area contributed by atoms with Gasteiger partial charge in [-0.05, 0) is 41.8 Å². The van der Waals surface area contributed by atoms with Crippen LogP contribution in [0.5, 0.6) is 5.75 Å². The highest BCUT2D eigenvalue weighted by Crippen LogP contribution is 2.29. The van der Waals surface area contributed by atoms with Crippen molar-refractivity contribution >= 4 is 17.5 Å². The standard InChI is InChI=1S/C26H26N2O3/c1-31-22-13-11-19(12-14-22)17-25(29)27-24-10-6-5-9-23(24)26(30)28-16-15-21(18-28)20-7-3-2-4-8-20/h2-14,21H,15-18H2,1H3,(H,27,29). The number of rotatable bonds is 6. The van der Waals surface area contributed by atoms with Gasteiger partial charge in [-0.3, -0.25) is 9.59 Å². The number of carbonyl (C=O) groups is 2. The lowest BCUT2D eigenvalue weighted by Gasteiger charge is -2.19. The van der Waals surface area contributed by atoms with Crippen LogP contribution in [0.25, 0.3) is 0 Å². The summed E-state index contributed by atoms with van der Waals surface area (Å²) in [4.78, 5) is 27.7. The second kappa shape index (κ2) is 9.47. The van der Waals surface area contributed by atoms with Crippen LogP contribution in [0.2, 0.25) is 0 Å². The van der Waals surface area contributed by atoms with Gasteiger partial charge in [-0.1, -0.05) is 54.6 Å². The van der Waals surface area contributed by atoms with Gasteiger partial charge in [0, 0.05) is 19.0 Å². The summed E-state index contributed by atoms with van der Waals surface area (Å²) in [6.45, 7) is 1.41. The first-order valence-electron chi connectivity index (χ1n) is 10.5. The molecule has 1 fully saturated rings. The Morgan fingerprint density at radius 1 is 0.968 bits per heavy atom. The van der Waals surface area contributed by atoms with E-state index in [2.05, 4.69) is 17.4 Å². The monoisotopic (exact) mass is 414 g/mol. The Hall–Kier alpha value is -3.60. The van der Waals surface area contributed by atoms with E-state index in [4.69, 9.17) is 4.74 Å². The molecule has 0 spiro atoms. The highest BCUT2D eigenvalue weighted by atomic mass is 16.5. The second-order valence-corrected chi connectivity index (χ2v) is 7.77. The summed E-state index contributed by atoms with van der Waals surface area (Å²) in [5.41, 5.74) is 3.22. The van der Waals surface area contributed by atoms with Gasteiger partial charge in [-0.15, -0.1) is 0 Å². The van der Waals surface area contributed by atoms with Crippen LogP contribution in [0.15, 0.2) is 78.9 Å². The molecule has 0 aliphatic carbocycles. The minimum Gasteiger partial charge on any atom is -0.497 e. The van der Waals surface area contributed by atoms with Gasteiger partial charge in [0.25, 0.3) is 5.91 Å². The van der Waals surface area contributed by atoms with Gasteiger partial charge in [0.05, 0.1) is 24.8 Å². The zero-order valence-electron chi connectivity index (χ0n) is 17.6. The number of likely N-dealkylation sites (tertiary alicyclic amines) is 1. The van der Waals surface area contributed by atoms with Crippen molar-refractivity contribution < 1.29 is 14.3 Å². The van der Waals surface area contributed by atoms with E-state index in [0.29, 0.717) is 30.3 Å². The molecule has 0 saturated carbocycles. The van der Waals surface area contributed by atoms with Crippen LogP contribution in [-0.4, -0.2) is 36.9 Å². The lowest BCUT2D eigenvalue weighted by atomic mass is 9.99. The molecule has 1 aliphatic rings. The van der Waals surface area contributed by atoms with E-state index >= 15 is 0 Å². The highest BCUT2D eigenvalue weighted by molar-refractivity contribution is 6.04. The SMILES string of the molecule is COc1ccc(CC(=O)Nc2ccccc2C(=O)N2CCC(c3ccccc3)C2)cc1. The topological polar surface area (TPSA) is 58.6 Å². The maximum Gasteiger partial charge on any atom is 0.255 e. The maximum absolute atomic E-state index is 13.2. The Morgan fingerprint density at radius 2 is 1.68 bits per heavy atom. The molecule has 1 atom stereocenters. The minimum atomic E-state index is -0.158. The Balaban J connectivity index is 1.43. The molecule has 4 rings (SSSR count). The summed E-state index contributed by atoms with van der Waals surface area (Å²) >= 11 is 0. The molecule has 3 aromatic rings. The van der Waals surface area contributed by atoms with Gasteiger partial charge in [0.2, 0.25) is 5.91 Å². The number of hydrogen-bond donors (Lipinski definition) is 1. The third-order valence-electron chi connectivity index (χ3n) is 5.70. The third-order valence-corrected chi connectivity index (χ3v) is 5.70. The number of nitrogens with zero attached hydrogens (tertiary/aromatic N) is 1. The largest absolute Gasteiger partial charge is 0.497 e. The van der Waals surface area contributed by atoms with E-state index < -0.39 is 0 Å². The molecule has 31 heavy (non-hydrogen) atoms. The first kappa shape index (κ1) is 20.7. The molecule has 1 unspecified atom stereocenters. The van der Waals surface area contributed by atoms with Crippen molar-refractivity contribution in [1.82, 2.24) is 4.90 Å². The first-order valence-corrected chi connectivity index (χ1v) is 10.5. The lowest BCUT2D eigenvalue weighted by Crippen LogP contribution is -2.29. The number of ether oxygens (including phenoxy) is 1. The van der Waals surface area contributed by atoms with Crippen LogP contribution in [-0.2, 0) is 11.2 Å². The van der Waals surface area contributed by atoms with Crippen LogP contribution in [0, 0.1) is 0 Å². The number of para-hydroxylation sites is 1. The molecular formula is C26H26N2O3. The van der Waals surface area contributed by atoms with Crippen molar-refractivity contribution in [2.45, 2.75) is 18.8 Å². The van der Waals surface area contributed by atoms with Gasteiger partial charge >= 0.3 is 0 Å². The zero-order chi connectivity index (χ0) is 21.6. The van der Waals surface area contributed by atoms with Crippen LogP contribution in [0.3, 0.4) is 0 Å². The van der Waals surface area contributed by atoms with Crippen molar-refractivity contribution in [2.75, 3.05) is 25.5 Å². The van der Waals surface area contributed by atoms with Gasteiger partial charge in [-0.25, -0.2) is 0 Å². The summed E-state index contributed by atoms with van der Waals surface area (Å²) in [6, 6.07) is 24.9. The number of methoxy groups -OCH3 is 1. The summed E-state index contributed by atoms with van der Waals surface area (Å²) in [7, 11) is 1.61. The molecule has 158 valence electrons. The molecule has 2 amide bonds. The maximum atomic E-state index is 13.2. The number of carbonyl (C=O) groups excluding carboxylic acids is 2. The fourth-order valence-corrected chi connectivity index (χ4v) is 4.01. The van der Waals surface area contributed by atoms with Crippen molar-refractivity contribution in [3.05, 3.63) is 95.6 Å². The number of nitrogens with one attached hydrogen (secondary N) is 1. The average molecular weight is 415 g/mol. The summed E-state index contributed by atoms with van der Waals surface area (Å²) < 4.78 is 5.15. The molecule has 5 nitrogen and oxygen atoms in total. The van der Waals surface area contributed by atoms with E-state index in [1.165, 1.54) is 5.56 Å². The molecule has 3 aromatic carbocycles. The quantitative estimate of drug-likeness (QED) is 0.646. The van der Waals surface area contributed by atoms with Gasteiger partial charge in [0.15, 0.2) is 0 Å². The van der Waals surface area contributed by atoms with Crippen molar-refractivity contribution in [2.24, 2.45) is 0 Å². The number of hydrogen-bond acceptors (Lipinski definition) is 3. The van der Waals surface area contributed by atoms with Crippen molar-refractivity contribution in [3.8, 4) is 5.75 Å². The predicted molar refractivity (Wildman–Crippen MR) is 121 cm³/mol. The minimum absolute atomic E-state index is 0.0428. The van der Waals surface area contributed by atoms with Crippen LogP contribution < -0.4 is 10.1 Å². The predicted octanol–water partition coefficient (Wildman–Crippen LogP) is 4.51. The smallest absolute Gasteiger partial charge is 0.255 e. The molecule has 5 heteroatoms. The summed E-state index contributed by atoms with van der Waals surface area (Å²) in [5.74, 6) is 0.897. The molecule has 1 heterocycles. The first-order chi connectivity index (χ1) is 15.1. The van der Waals surface area contributed by atoms with Gasteiger partial charge < -0.3 is 15.0 Å². The fourth-order valence-electron chi connectivity index (χ4n) is 4.01. The average Bonchev–Trinajstić information content (AvgIpc) is 3.30. The zero-order valence-corrected chi connectivity index (χ0v) is 17.6. The molecule has 1 N–H and O–H groups in total. The summed E-state index contributed by atoms with van der Waals surface area (Å²) in [5, 5.41) is 2.92. The van der Waals surface area contributed by atoms with E-state index in [0.717, 1.165) is 17.7 Å². The van der Waals surface area contributed by atoms with E-state index in [1.807, 2.05) is 59.5 Å². The van der Waals surface area contributed by atoms with Crippen LogP contribution in [0.4, 0.5) is 5.69 Å². The van der Waals surface area contributed by atoms with Crippen molar-refractivity contribution in [1.29, 1.82) is 0 Å². The molecule has 1 aliphatic heterocycles. The van der Waals surface area contributed by atoms with Crippen LogP contribution >= 0.6 is 0 Å². The lowest BCUT2D eigenvalue weighted by molar-refractivity contribution is -0.115. The van der Waals surface area contributed by atoms with E-state index in [9.17, 15) is 9.59 Å². The molecular weight excluding hydrogens is 388 g/mol. The summed E-state index contributed by atoms with van der Waals surface area (Å²) in [6.07, 6.45) is 1.17. The van der Waals surface area contributed by atoms with Crippen LogP contribution in [0.1, 0.15) is 33.8 Å². The molecule has 0 radical (unpaired) electrons. The number of benzene rings is 3. The molecule has 0 bridgehead atoms. The normalized spacial score (nSPS) is 15.5. The Bertz CT molecular complexity index is 1050. The van der Waals surface area contributed by atoms with E-state index in [1.54, 1.807) is 19.2 Å². The number of amides is 2. The molecule has 1 saturated heterocycles. The Kier molecular flexibility index (Phi) is 6.32. The van der Waals surface area contributed by atoms with E-state index in [-0.39, 0.29) is 18.2 Å². The highest BCUT2D eigenvalue weighted by Gasteiger charge is 2.29. The number of anilines is 1. The third kappa shape index (κ3) is 4.94. The Morgan fingerprint density at radius 3 is 2.42 bits per heavy atom. The fraction of sp³-hybridized carbons (Fsp3) is 0.231. The van der Waals surface area contributed by atoms with Gasteiger partial charge in [0.1, 0.15) is 5.75 Å². The van der Waals surface area contributed by atoms with Gasteiger partial charge in [-0.2, -0.15) is 0 Å². The molecule has 0 aromatic heterocycles. The Labute approximate surface area is 182 Å².